The number of ether oxygens (including phenoxy) is 1. The monoisotopic (exact) mass is 189 g/mol. The predicted octanol–water partition coefficient (Wildman–Crippen LogP) is 3.51. The molecule has 0 bridgehead atoms. The lowest BCUT2D eigenvalue weighted by atomic mass is 9.98. The van der Waals surface area contributed by atoms with Crippen molar-refractivity contribution in [2.75, 3.05) is 0 Å². The minimum absolute atomic E-state index is 0.450. The fraction of sp³-hybridized carbons (Fsp3) is 0.538. The minimum atomic E-state index is 0.450. The van der Waals surface area contributed by atoms with Crippen LogP contribution in [-0.4, -0.2) is 6.10 Å². The molecule has 0 aliphatic heterocycles. The maximum Gasteiger partial charge on any atom is 0.120 e. The van der Waals surface area contributed by atoms with E-state index in [0.717, 1.165) is 11.3 Å². The lowest BCUT2D eigenvalue weighted by Gasteiger charge is -2.23. The molecule has 1 radical (unpaired) electrons. The number of rotatable bonds is 2. The van der Waals surface area contributed by atoms with Gasteiger partial charge in [-0.1, -0.05) is 12.5 Å². The molecule has 0 unspecified atom stereocenters. The molecule has 0 atom stereocenters. The van der Waals surface area contributed by atoms with Crippen molar-refractivity contribution in [3.05, 3.63) is 29.8 Å². The second-order valence-electron chi connectivity index (χ2n) is 4.09. The normalized spacial score (nSPS) is 18.1. The third kappa shape index (κ3) is 2.50. The Morgan fingerprint density at radius 1 is 1.29 bits per heavy atom. The molecule has 0 amide bonds. The first-order valence-electron chi connectivity index (χ1n) is 5.49. The number of hydrogen-bond acceptors (Lipinski definition) is 1. The van der Waals surface area contributed by atoms with Crippen LogP contribution < -0.4 is 4.74 Å². The van der Waals surface area contributed by atoms with Crippen molar-refractivity contribution in [3.8, 4) is 5.75 Å². The van der Waals surface area contributed by atoms with Crippen molar-refractivity contribution < 1.29 is 4.74 Å². The molecule has 1 fully saturated rings. The van der Waals surface area contributed by atoms with E-state index >= 15 is 0 Å². The van der Waals surface area contributed by atoms with Crippen LogP contribution in [0, 0.1) is 13.0 Å². The maximum atomic E-state index is 5.92. The number of hydrogen-bond donors (Lipinski definition) is 0. The zero-order chi connectivity index (χ0) is 9.80. The fourth-order valence-electron chi connectivity index (χ4n) is 2.01. The van der Waals surface area contributed by atoms with Crippen LogP contribution >= 0.6 is 0 Å². The van der Waals surface area contributed by atoms with Gasteiger partial charge >= 0.3 is 0 Å². The van der Waals surface area contributed by atoms with Crippen molar-refractivity contribution in [1.82, 2.24) is 0 Å². The van der Waals surface area contributed by atoms with Crippen LogP contribution in [0.5, 0.6) is 5.75 Å². The summed E-state index contributed by atoms with van der Waals surface area (Å²) in [6, 6.07) is 9.13. The highest BCUT2D eigenvalue weighted by molar-refractivity contribution is 5.26. The molecule has 0 spiro atoms. The van der Waals surface area contributed by atoms with Crippen molar-refractivity contribution in [1.29, 1.82) is 0 Å². The van der Waals surface area contributed by atoms with Crippen LogP contribution in [0.1, 0.15) is 37.7 Å². The molecule has 75 valence electrons. The summed E-state index contributed by atoms with van der Waals surface area (Å²) < 4.78 is 5.92. The van der Waals surface area contributed by atoms with Crippen molar-refractivity contribution in [3.63, 3.8) is 0 Å². The Morgan fingerprint density at radius 2 is 2.07 bits per heavy atom. The zero-order valence-electron chi connectivity index (χ0n) is 8.75. The van der Waals surface area contributed by atoms with E-state index in [2.05, 4.69) is 12.1 Å². The van der Waals surface area contributed by atoms with Gasteiger partial charge in [-0.25, -0.2) is 0 Å². The Hall–Kier alpha value is -0.980. The van der Waals surface area contributed by atoms with Crippen LogP contribution in [0.15, 0.2) is 18.2 Å². The summed E-state index contributed by atoms with van der Waals surface area (Å²) in [5, 5.41) is 0. The molecule has 1 heteroatoms. The summed E-state index contributed by atoms with van der Waals surface area (Å²) in [6.07, 6.45) is 6.91. The van der Waals surface area contributed by atoms with Crippen LogP contribution in [0.4, 0.5) is 0 Å². The molecule has 1 nitrogen and oxygen atoms in total. The molecule has 0 aromatic heterocycles. The quantitative estimate of drug-likeness (QED) is 0.691. The summed E-state index contributed by atoms with van der Waals surface area (Å²) in [4.78, 5) is 0. The molecule has 14 heavy (non-hydrogen) atoms. The number of aryl methyl sites for hydroxylation is 1. The van der Waals surface area contributed by atoms with E-state index in [9.17, 15) is 0 Å². The van der Waals surface area contributed by atoms with Gasteiger partial charge in [-0.15, -0.1) is 0 Å². The lowest BCUT2D eigenvalue weighted by molar-refractivity contribution is 0.155. The van der Waals surface area contributed by atoms with Gasteiger partial charge in [0.15, 0.2) is 0 Å². The van der Waals surface area contributed by atoms with E-state index in [1.807, 2.05) is 19.1 Å². The van der Waals surface area contributed by atoms with Gasteiger partial charge in [-0.3, -0.25) is 0 Å². The van der Waals surface area contributed by atoms with E-state index in [1.165, 1.54) is 32.1 Å². The summed E-state index contributed by atoms with van der Waals surface area (Å²) in [5.74, 6) is 1.01. The van der Waals surface area contributed by atoms with E-state index in [4.69, 9.17) is 4.74 Å². The Bertz CT molecular complexity index is 287. The summed E-state index contributed by atoms with van der Waals surface area (Å²) >= 11 is 0. The zero-order valence-corrected chi connectivity index (χ0v) is 8.75. The Kier molecular flexibility index (Phi) is 3.07. The van der Waals surface area contributed by atoms with Crippen molar-refractivity contribution in [2.45, 2.75) is 45.1 Å². The highest BCUT2D eigenvalue weighted by atomic mass is 16.5. The highest BCUT2D eigenvalue weighted by Crippen LogP contribution is 2.23. The minimum Gasteiger partial charge on any atom is -0.490 e. The van der Waals surface area contributed by atoms with Crippen molar-refractivity contribution in [2.24, 2.45) is 0 Å². The molecule has 1 aromatic carbocycles. The van der Waals surface area contributed by atoms with E-state index in [1.54, 1.807) is 0 Å². The first-order valence-corrected chi connectivity index (χ1v) is 5.49. The first-order chi connectivity index (χ1) is 6.84. The van der Waals surface area contributed by atoms with Gasteiger partial charge in [-0.2, -0.15) is 0 Å². The summed E-state index contributed by atoms with van der Waals surface area (Å²) in [6.45, 7) is 2.05. The summed E-state index contributed by atoms with van der Waals surface area (Å²) in [7, 11) is 0. The molecular weight excluding hydrogens is 172 g/mol. The smallest absolute Gasteiger partial charge is 0.120 e. The molecule has 0 N–H and O–H groups in total. The Labute approximate surface area is 86.1 Å². The Morgan fingerprint density at radius 3 is 2.79 bits per heavy atom. The van der Waals surface area contributed by atoms with Gasteiger partial charge in [0, 0.05) is 0 Å². The lowest BCUT2D eigenvalue weighted by Crippen LogP contribution is -2.19. The maximum absolute atomic E-state index is 5.92. The average molecular weight is 189 g/mol. The molecule has 0 heterocycles. The third-order valence-corrected chi connectivity index (χ3v) is 2.77. The predicted molar refractivity (Wildman–Crippen MR) is 57.5 cm³/mol. The molecule has 2 rings (SSSR count). The Balaban J connectivity index is 1.95. The molecule has 0 saturated heterocycles. The van der Waals surface area contributed by atoms with Crippen molar-refractivity contribution >= 4 is 0 Å². The standard InChI is InChI=1S/C13H17O/c1-11-6-5-9-13(10-11)14-12-7-3-2-4-8-12/h5,9-10,12H,2-4,7-8H2,1H3. The van der Waals surface area contributed by atoms with Crippen LogP contribution in [0.3, 0.4) is 0 Å². The molecule has 1 aliphatic carbocycles. The highest BCUT2D eigenvalue weighted by Gasteiger charge is 2.14. The van der Waals surface area contributed by atoms with Crippen LogP contribution in [0.25, 0.3) is 0 Å². The second-order valence-corrected chi connectivity index (χ2v) is 4.09. The fourth-order valence-corrected chi connectivity index (χ4v) is 2.01. The SMILES string of the molecule is Cc1[c]ccc(OC2CCCCC2)c1. The molecule has 1 aromatic rings. The third-order valence-electron chi connectivity index (χ3n) is 2.77. The molecule has 1 saturated carbocycles. The van der Waals surface area contributed by atoms with Gasteiger partial charge in [0.25, 0.3) is 0 Å². The van der Waals surface area contributed by atoms with Crippen LogP contribution in [-0.2, 0) is 0 Å². The van der Waals surface area contributed by atoms with Gasteiger partial charge in [0.1, 0.15) is 5.75 Å². The molecule has 1 aliphatic rings. The van der Waals surface area contributed by atoms with Gasteiger partial charge in [-0.05, 0) is 56.4 Å². The summed E-state index contributed by atoms with van der Waals surface area (Å²) in [5.41, 5.74) is 1.15. The average Bonchev–Trinajstić information content (AvgIpc) is 2.19. The first kappa shape index (κ1) is 9.57. The van der Waals surface area contributed by atoms with E-state index in [-0.39, 0.29) is 0 Å². The van der Waals surface area contributed by atoms with Gasteiger partial charge in [0.05, 0.1) is 6.10 Å². The number of benzene rings is 1. The van der Waals surface area contributed by atoms with Crippen LogP contribution in [0.2, 0.25) is 0 Å². The molecular formula is C13H17O. The largest absolute Gasteiger partial charge is 0.490 e. The van der Waals surface area contributed by atoms with Gasteiger partial charge in [0.2, 0.25) is 0 Å². The van der Waals surface area contributed by atoms with E-state index in [0.29, 0.717) is 6.10 Å². The second kappa shape index (κ2) is 4.50. The van der Waals surface area contributed by atoms with Gasteiger partial charge < -0.3 is 4.74 Å². The topological polar surface area (TPSA) is 9.23 Å². The van der Waals surface area contributed by atoms with E-state index < -0.39 is 0 Å².